The highest BCUT2D eigenvalue weighted by atomic mass is 15.2. The summed E-state index contributed by atoms with van der Waals surface area (Å²) >= 11 is 0. The molecule has 2 heteroatoms. The van der Waals surface area contributed by atoms with Crippen LogP contribution in [-0.2, 0) is 0 Å². The minimum atomic E-state index is 0.733. The molecule has 2 rings (SSSR count). The lowest BCUT2D eigenvalue weighted by Gasteiger charge is -2.36. The van der Waals surface area contributed by atoms with Gasteiger partial charge in [-0.1, -0.05) is 32.6 Å². The molecule has 17 heavy (non-hydrogen) atoms. The van der Waals surface area contributed by atoms with Crippen LogP contribution in [0.2, 0.25) is 0 Å². The van der Waals surface area contributed by atoms with Crippen LogP contribution in [0.4, 0.5) is 0 Å². The van der Waals surface area contributed by atoms with Gasteiger partial charge in [0.05, 0.1) is 0 Å². The van der Waals surface area contributed by atoms with Gasteiger partial charge in [0.2, 0.25) is 0 Å². The Morgan fingerprint density at radius 1 is 1.00 bits per heavy atom. The molecule has 0 radical (unpaired) electrons. The fraction of sp³-hybridized carbons (Fsp3) is 1.00. The van der Waals surface area contributed by atoms with E-state index in [2.05, 4.69) is 24.2 Å². The molecule has 1 aliphatic carbocycles. The van der Waals surface area contributed by atoms with Gasteiger partial charge >= 0.3 is 0 Å². The van der Waals surface area contributed by atoms with Crippen LogP contribution in [-0.4, -0.2) is 37.1 Å². The molecule has 0 aromatic heterocycles. The average Bonchev–Trinajstić information content (AvgIpc) is 2.61. The summed E-state index contributed by atoms with van der Waals surface area (Å²) in [7, 11) is 2.35. The van der Waals surface area contributed by atoms with Crippen LogP contribution in [0.25, 0.3) is 0 Å². The van der Waals surface area contributed by atoms with Crippen molar-refractivity contribution in [2.45, 2.75) is 70.4 Å². The molecule has 1 saturated heterocycles. The van der Waals surface area contributed by atoms with Gasteiger partial charge in [-0.2, -0.15) is 0 Å². The number of hydrogen-bond donors (Lipinski definition) is 1. The quantitative estimate of drug-likeness (QED) is 0.760. The van der Waals surface area contributed by atoms with E-state index in [1.165, 1.54) is 64.5 Å². The van der Waals surface area contributed by atoms with Crippen LogP contribution >= 0.6 is 0 Å². The molecule has 100 valence electrons. The topological polar surface area (TPSA) is 15.3 Å². The highest BCUT2D eigenvalue weighted by Gasteiger charge is 2.25. The molecular formula is C15H30N2. The summed E-state index contributed by atoms with van der Waals surface area (Å²) in [5.41, 5.74) is 0. The van der Waals surface area contributed by atoms with Crippen molar-refractivity contribution >= 4 is 0 Å². The Kier molecular flexibility index (Phi) is 5.30. The van der Waals surface area contributed by atoms with E-state index in [-0.39, 0.29) is 0 Å². The molecular weight excluding hydrogens is 208 g/mol. The molecule has 0 bridgehead atoms. The van der Waals surface area contributed by atoms with E-state index in [0.29, 0.717) is 0 Å². The maximum Gasteiger partial charge on any atom is 0.0220 e. The molecule has 2 atom stereocenters. The fourth-order valence-corrected chi connectivity index (χ4v) is 3.52. The fourth-order valence-electron chi connectivity index (χ4n) is 3.52. The van der Waals surface area contributed by atoms with Gasteiger partial charge in [0.15, 0.2) is 0 Å². The molecule has 1 aliphatic heterocycles. The van der Waals surface area contributed by atoms with Crippen molar-refractivity contribution < 1.29 is 0 Å². The minimum Gasteiger partial charge on any atom is -0.312 e. The largest absolute Gasteiger partial charge is 0.312 e. The van der Waals surface area contributed by atoms with E-state index in [1.807, 2.05) is 0 Å². The minimum absolute atomic E-state index is 0.733. The van der Waals surface area contributed by atoms with Gasteiger partial charge in [-0.3, -0.25) is 0 Å². The molecule has 2 fully saturated rings. The van der Waals surface area contributed by atoms with Crippen LogP contribution < -0.4 is 5.32 Å². The van der Waals surface area contributed by atoms with Crippen molar-refractivity contribution in [1.82, 2.24) is 10.2 Å². The number of piperidine rings is 1. The normalized spacial score (nSPS) is 32.6. The summed E-state index contributed by atoms with van der Waals surface area (Å²) in [5.74, 6) is 0.858. The number of nitrogens with one attached hydrogen (secondary N) is 1. The third-order valence-electron chi connectivity index (χ3n) is 4.86. The summed E-state index contributed by atoms with van der Waals surface area (Å²) in [5, 5.41) is 3.71. The van der Waals surface area contributed by atoms with Crippen LogP contribution in [0.3, 0.4) is 0 Å². The summed E-state index contributed by atoms with van der Waals surface area (Å²) in [6.07, 6.45) is 11.5. The van der Waals surface area contributed by atoms with E-state index in [0.717, 1.165) is 18.0 Å². The molecule has 1 N–H and O–H groups in total. The zero-order chi connectivity index (χ0) is 12.1. The van der Waals surface area contributed by atoms with Gasteiger partial charge in [0, 0.05) is 18.6 Å². The van der Waals surface area contributed by atoms with Crippen molar-refractivity contribution in [2.75, 3.05) is 20.1 Å². The standard InChI is InChI=1S/C15H30N2/c1-13-8-7-11-16-15(13)12-17(2)14-9-5-3-4-6-10-14/h13-16H,3-12H2,1-2H3. The second kappa shape index (κ2) is 6.75. The van der Waals surface area contributed by atoms with E-state index in [4.69, 9.17) is 0 Å². The van der Waals surface area contributed by atoms with Gasteiger partial charge in [-0.15, -0.1) is 0 Å². The summed E-state index contributed by atoms with van der Waals surface area (Å²) < 4.78 is 0. The predicted molar refractivity (Wildman–Crippen MR) is 74.3 cm³/mol. The van der Waals surface area contributed by atoms with Crippen molar-refractivity contribution in [1.29, 1.82) is 0 Å². The molecule has 0 aromatic rings. The van der Waals surface area contributed by atoms with Crippen LogP contribution in [0.15, 0.2) is 0 Å². The van der Waals surface area contributed by atoms with Crippen LogP contribution in [0.5, 0.6) is 0 Å². The Morgan fingerprint density at radius 3 is 2.35 bits per heavy atom. The third kappa shape index (κ3) is 3.96. The second-order valence-corrected chi connectivity index (χ2v) is 6.27. The monoisotopic (exact) mass is 238 g/mol. The molecule has 2 nitrogen and oxygen atoms in total. The molecule has 1 saturated carbocycles. The highest BCUT2D eigenvalue weighted by molar-refractivity contribution is 4.83. The average molecular weight is 238 g/mol. The first kappa shape index (κ1) is 13.4. The molecule has 0 spiro atoms. The summed E-state index contributed by atoms with van der Waals surface area (Å²) in [6, 6.07) is 1.59. The van der Waals surface area contributed by atoms with E-state index in [9.17, 15) is 0 Å². The van der Waals surface area contributed by atoms with E-state index < -0.39 is 0 Å². The number of likely N-dealkylation sites (N-methyl/N-ethyl adjacent to an activating group) is 1. The van der Waals surface area contributed by atoms with Gasteiger partial charge in [-0.25, -0.2) is 0 Å². The second-order valence-electron chi connectivity index (χ2n) is 6.27. The Bertz CT molecular complexity index is 209. The molecule has 0 amide bonds. The lowest BCUT2D eigenvalue weighted by atomic mass is 9.92. The number of nitrogens with zero attached hydrogens (tertiary/aromatic N) is 1. The summed E-state index contributed by atoms with van der Waals surface area (Å²) in [4.78, 5) is 2.64. The van der Waals surface area contributed by atoms with Gasteiger partial charge in [0.1, 0.15) is 0 Å². The Hall–Kier alpha value is -0.0800. The van der Waals surface area contributed by atoms with Crippen molar-refractivity contribution in [3.05, 3.63) is 0 Å². The first-order valence-electron chi connectivity index (χ1n) is 7.71. The van der Waals surface area contributed by atoms with Crippen LogP contribution in [0.1, 0.15) is 58.3 Å². The van der Waals surface area contributed by atoms with Crippen molar-refractivity contribution in [3.63, 3.8) is 0 Å². The number of hydrogen-bond acceptors (Lipinski definition) is 2. The predicted octanol–water partition coefficient (Wildman–Crippen LogP) is 3.03. The summed E-state index contributed by atoms with van der Waals surface area (Å²) in [6.45, 7) is 4.90. The smallest absolute Gasteiger partial charge is 0.0220 e. The first-order chi connectivity index (χ1) is 8.27. The maximum atomic E-state index is 3.71. The molecule has 1 heterocycles. The van der Waals surface area contributed by atoms with Crippen molar-refractivity contribution in [3.8, 4) is 0 Å². The molecule has 0 aromatic carbocycles. The van der Waals surface area contributed by atoms with Gasteiger partial charge < -0.3 is 10.2 Å². The van der Waals surface area contributed by atoms with Gasteiger partial charge in [0.25, 0.3) is 0 Å². The third-order valence-corrected chi connectivity index (χ3v) is 4.86. The molecule has 2 unspecified atom stereocenters. The zero-order valence-corrected chi connectivity index (χ0v) is 11.8. The Morgan fingerprint density at radius 2 is 1.71 bits per heavy atom. The Labute approximate surface area is 107 Å². The van der Waals surface area contributed by atoms with Crippen molar-refractivity contribution in [2.24, 2.45) is 5.92 Å². The Balaban J connectivity index is 1.79. The van der Waals surface area contributed by atoms with E-state index >= 15 is 0 Å². The highest BCUT2D eigenvalue weighted by Crippen LogP contribution is 2.23. The zero-order valence-electron chi connectivity index (χ0n) is 11.8. The maximum absolute atomic E-state index is 3.71. The van der Waals surface area contributed by atoms with E-state index in [1.54, 1.807) is 0 Å². The van der Waals surface area contributed by atoms with Crippen LogP contribution in [0, 0.1) is 5.92 Å². The lowest BCUT2D eigenvalue weighted by molar-refractivity contribution is 0.163. The molecule has 2 aliphatic rings. The lowest BCUT2D eigenvalue weighted by Crippen LogP contribution is -2.49. The first-order valence-corrected chi connectivity index (χ1v) is 7.71. The van der Waals surface area contributed by atoms with Gasteiger partial charge in [-0.05, 0) is 45.2 Å². The SMILES string of the molecule is CC1CCCNC1CN(C)C1CCCCCC1. The number of rotatable bonds is 3.